The van der Waals surface area contributed by atoms with Crippen LogP contribution >= 0.6 is 0 Å². The number of hydrogen-bond acceptors (Lipinski definition) is 3. The lowest BCUT2D eigenvalue weighted by Gasteiger charge is -2.30. The number of primary amides is 1. The lowest BCUT2D eigenvalue weighted by molar-refractivity contribution is -0.123. The Hall–Kier alpha value is -3.48. The van der Waals surface area contributed by atoms with Crippen molar-refractivity contribution in [3.8, 4) is 16.9 Å². The van der Waals surface area contributed by atoms with Gasteiger partial charge >= 0.3 is 0 Å². The highest BCUT2D eigenvalue weighted by molar-refractivity contribution is 5.94. The SMILES string of the molecule is Cc1cccc(-n2nc(-c3ccccc3F)cc2C(=O)N2CCC(C(N)=O)CC2)c1. The van der Waals surface area contributed by atoms with Gasteiger partial charge in [-0.05, 0) is 55.7 Å². The fraction of sp³-hybridized carbons (Fsp3) is 0.261. The number of amides is 2. The number of nitrogens with two attached hydrogens (primary N) is 1. The Balaban J connectivity index is 1.73. The zero-order valence-corrected chi connectivity index (χ0v) is 16.7. The fourth-order valence-corrected chi connectivity index (χ4v) is 3.82. The molecular weight excluding hydrogens is 383 g/mol. The summed E-state index contributed by atoms with van der Waals surface area (Å²) in [6, 6.07) is 15.6. The largest absolute Gasteiger partial charge is 0.369 e. The average molecular weight is 406 g/mol. The first-order valence-electron chi connectivity index (χ1n) is 9.94. The molecule has 7 heteroatoms. The molecule has 0 bridgehead atoms. The fourth-order valence-electron chi connectivity index (χ4n) is 3.82. The second-order valence-electron chi connectivity index (χ2n) is 7.61. The molecule has 1 aliphatic rings. The van der Waals surface area contributed by atoms with E-state index in [0.717, 1.165) is 11.3 Å². The van der Waals surface area contributed by atoms with Gasteiger partial charge in [0.05, 0.1) is 11.4 Å². The van der Waals surface area contributed by atoms with E-state index in [-0.39, 0.29) is 17.7 Å². The molecule has 2 aromatic carbocycles. The van der Waals surface area contributed by atoms with Crippen molar-refractivity contribution in [3.63, 3.8) is 0 Å². The van der Waals surface area contributed by atoms with E-state index >= 15 is 0 Å². The highest BCUT2D eigenvalue weighted by Crippen LogP contribution is 2.26. The van der Waals surface area contributed by atoms with Crippen molar-refractivity contribution < 1.29 is 14.0 Å². The van der Waals surface area contributed by atoms with Crippen molar-refractivity contribution in [3.05, 3.63) is 71.7 Å². The highest BCUT2D eigenvalue weighted by atomic mass is 19.1. The number of aryl methyl sites for hydroxylation is 1. The molecule has 6 nitrogen and oxygen atoms in total. The average Bonchev–Trinajstić information content (AvgIpc) is 3.19. The van der Waals surface area contributed by atoms with Crippen LogP contribution in [0.4, 0.5) is 4.39 Å². The van der Waals surface area contributed by atoms with E-state index in [1.807, 2.05) is 31.2 Å². The number of hydrogen-bond donors (Lipinski definition) is 1. The van der Waals surface area contributed by atoms with Crippen LogP contribution in [-0.4, -0.2) is 39.6 Å². The topological polar surface area (TPSA) is 81.2 Å². The molecule has 1 aliphatic heterocycles. The maximum Gasteiger partial charge on any atom is 0.272 e. The number of likely N-dealkylation sites (tertiary alicyclic amines) is 1. The molecular formula is C23H23FN4O2. The van der Waals surface area contributed by atoms with Gasteiger partial charge in [0.25, 0.3) is 5.91 Å². The second-order valence-corrected chi connectivity index (χ2v) is 7.61. The standard InChI is InChI=1S/C23H23FN4O2/c1-15-5-4-6-17(13-15)28-21(14-20(26-28)18-7-2-3-8-19(18)24)23(30)27-11-9-16(10-12-27)22(25)29/h2-8,13-14,16H,9-12H2,1H3,(H2,25,29). The summed E-state index contributed by atoms with van der Waals surface area (Å²) in [4.78, 5) is 26.5. The number of aromatic nitrogens is 2. The van der Waals surface area contributed by atoms with Crippen LogP contribution in [0.25, 0.3) is 16.9 Å². The Morgan fingerprint density at radius 2 is 1.80 bits per heavy atom. The monoisotopic (exact) mass is 406 g/mol. The number of piperidine rings is 1. The summed E-state index contributed by atoms with van der Waals surface area (Å²) < 4.78 is 15.9. The number of benzene rings is 2. The van der Waals surface area contributed by atoms with Crippen molar-refractivity contribution in [2.45, 2.75) is 19.8 Å². The number of carbonyl (C=O) groups excluding carboxylic acids is 2. The quantitative estimate of drug-likeness (QED) is 0.722. The van der Waals surface area contributed by atoms with Gasteiger partial charge in [0, 0.05) is 24.6 Å². The molecule has 154 valence electrons. The highest BCUT2D eigenvalue weighted by Gasteiger charge is 2.29. The van der Waals surface area contributed by atoms with Crippen molar-refractivity contribution in [1.29, 1.82) is 0 Å². The van der Waals surface area contributed by atoms with E-state index in [4.69, 9.17) is 5.73 Å². The minimum Gasteiger partial charge on any atom is -0.369 e. The Kier molecular flexibility index (Phi) is 5.35. The number of carbonyl (C=O) groups is 2. The molecule has 0 spiro atoms. The summed E-state index contributed by atoms with van der Waals surface area (Å²) in [5.41, 5.74) is 8.25. The molecule has 1 aromatic heterocycles. The molecule has 30 heavy (non-hydrogen) atoms. The third-order valence-electron chi connectivity index (χ3n) is 5.51. The summed E-state index contributed by atoms with van der Waals surface area (Å²) in [7, 11) is 0. The van der Waals surface area contributed by atoms with E-state index in [9.17, 15) is 14.0 Å². The van der Waals surface area contributed by atoms with Gasteiger partial charge in [-0.15, -0.1) is 0 Å². The molecule has 2 amide bonds. The summed E-state index contributed by atoms with van der Waals surface area (Å²) in [5.74, 6) is -1.12. The van der Waals surface area contributed by atoms with Crippen LogP contribution in [0.1, 0.15) is 28.9 Å². The number of rotatable bonds is 4. The van der Waals surface area contributed by atoms with Crippen LogP contribution < -0.4 is 5.73 Å². The van der Waals surface area contributed by atoms with Gasteiger partial charge in [-0.3, -0.25) is 9.59 Å². The van der Waals surface area contributed by atoms with Gasteiger partial charge in [-0.1, -0.05) is 24.3 Å². The maximum absolute atomic E-state index is 14.4. The minimum absolute atomic E-state index is 0.200. The first-order valence-corrected chi connectivity index (χ1v) is 9.94. The van der Waals surface area contributed by atoms with Crippen molar-refractivity contribution in [2.75, 3.05) is 13.1 Å². The second kappa shape index (κ2) is 8.10. The predicted molar refractivity (Wildman–Crippen MR) is 112 cm³/mol. The van der Waals surface area contributed by atoms with Crippen LogP contribution in [0.5, 0.6) is 0 Å². The zero-order valence-electron chi connectivity index (χ0n) is 16.7. The Labute approximate surface area is 174 Å². The number of halogens is 1. The lowest BCUT2D eigenvalue weighted by atomic mass is 9.96. The van der Waals surface area contributed by atoms with Gasteiger partial charge < -0.3 is 10.6 Å². The summed E-state index contributed by atoms with van der Waals surface area (Å²) in [6.07, 6.45) is 1.08. The third kappa shape index (κ3) is 3.83. The summed E-state index contributed by atoms with van der Waals surface area (Å²) >= 11 is 0. The van der Waals surface area contributed by atoms with E-state index in [2.05, 4.69) is 5.10 Å². The first kappa shape index (κ1) is 19.8. The van der Waals surface area contributed by atoms with Crippen LogP contribution in [0, 0.1) is 18.7 Å². The van der Waals surface area contributed by atoms with Crippen LogP contribution in [0.3, 0.4) is 0 Å². The van der Waals surface area contributed by atoms with Gasteiger partial charge in [-0.25, -0.2) is 9.07 Å². The van der Waals surface area contributed by atoms with Crippen LogP contribution in [0.2, 0.25) is 0 Å². The maximum atomic E-state index is 14.4. The van der Waals surface area contributed by atoms with Gasteiger partial charge in [0.1, 0.15) is 11.5 Å². The van der Waals surface area contributed by atoms with Gasteiger partial charge in [-0.2, -0.15) is 5.10 Å². The molecule has 1 saturated heterocycles. The molecule has 1 fully saturated rings. The van der Waals surface area contributed by atoms with E-state index in [1.165, 1.54) is 6.07 Å². The Morgan fingerprint density at radius 3 is 2.47 bits per heavy atom. The van der Waals surface area contributed by atoms with E-state index < -0.39 is 5.82 Å². The van der Waals surface area contributed by atoms with Crippen molar-refractivity contribution >= 4 is 11.8 Å². The summed E-state index contributed by atoms with van der Waals surface area (Å²) in [5, 5.41) is 4.57. The first-order chi connectivity index (χ1) is 14.4. The predicted octanol–water partition coefficient (Wildman–Crippen LogP) is 3.32. The van der Waals surface area contributed by atoms with Crippen LogP contribution in [-0.2, 0) is 4.79 Å². The van der Waals surface area contributed by atoms with Gasteiger partial charge in [0.15, 0.2) is 0 Å². The van der Waals surface area contributed by atoms with Crippen molar-refractivity contribution in [2.24, 2.45) is 11.7 Å². The molecule has 4 rings (SSSR count). The molecule has 0 aliphatic carbocycles. The van der Waals surface area contributed by atoms with E-state index in [1.54, 1.807) is 33.8 Å². The smallest absolute Gasteiger partial charge is 0.272 e. The van der Waals surface area contributed by atoms with Gasteiger partial charge in [0.2, 0.25) is 5.91 Å². The van der Waals surface area contributed by atoms with Crippen LogP contribution in [0.15, 0.2) is 54.6 Å². The molecule has 0 saturated carbocycles. The van der Waals surface area contributed by atoms with Crippen molar-refractivity contribution in [1.82, 2.24) is 14.7 Å². The molecule has 0 unspecified atom stereocenters. The third-order valence-corrected chi connectivity index (χ3v) is 5.51. The molecule has 3 aromatic rings. The number of nitrogens with zero attached hydrogens (tertiary/aromatic N) is 3. The molecule has 2 heterocycles. The Morgan fingerprint density at radius 1 is 1.07 bits per heavy atom. The minimum atomic E-state index is -0.396. The van der Waals surface area contributed by atoms with E-state index in [0.29, 0.717) is 42.9 Å². The zero-order chi connectivity index (χ0) is 21.3. The molecule has 0 atom stereocenters. The summed E-state index contributed by atoms with van der Waals surface area (Å²) in [6.45, 7) is 2.85. The molecule has 0 radical (unpaired) electrons. The molecule has 2 N–H and O–H groups in total. The Bertz CT molecular complexity index is 1100. The normalized spacial score (nSPS) is 14.7. The lowest BCUT2D eigenvalue weighted by Crippen LogP contribution is -2.42.